The van der Waals surface area contributed by atoms with Crippen LogP contribution in [0.2, 0.25) is 0 Å². The molecule has 29 heavy (non-hydrogen) atoms. The molecule has 0 saturated carbocycles. The van der Waals surface area contributed by atoms with Gasteiger partial charge in [-0.25, -0.2) is 0 Å². The van der Waals surface area contributed by atoms with Crippen molar-refractivity contribution in [3.8, 4) is 5.75 Å². The van der Waals surface area contributed by atoms with Crippen LogP contribution in [0.25, 0.3) is 0 Å². The Morgan fingerprint density at radius 2 is 1.93 bits per heavy atom. The third kappa shape index (κ3) is 8.07. The molecule has 0 aliphatic carbocycles. The molecule has 0 amide bonds. The van der Waals surface area contributed by atoms with Crippen LogP contribution in [-0.2, 0) is 12.7 Å². The lowest BCUT2D eigenvalue weighted by atomic mass is 10.1. The molecular formula is C17H23F6IN4O. The zero-order chi connectivity index (χ0) is 20.9. The number of benzene rings is 1. The van der Waals surface area contributed by atoms with Crippen LogP contribution in [0.5, 0.6) is 5.75 Å². The number of methoxy groups -OCH3 is 1. The van der Waals surface area contributed by atoms with E-state index in [4.69, 9.17) is 4.74 Å². The number of hydrogen-bond acceptors (Lipinski definition) is 3. The average molecular weight is 540 g/mol. The summed E-state index contributed by atoms with van der Waals surface area (Å²) in [5, 5.41) is 5.74. The number of likely N-dealkylation sites (tertiary alicyclic amines) is 1. The van der Waals surface area contributed by atoms with Crippen LogP contribution in [-0.4, -0.2) is 56.9 Å². The summed E-state index contributed by atoms with van der Waals surface area (Å²) in [6.07, 6.45) is -8.34. The monoisotopic (exact) mass is 540 g/mol. The van der Waals surface area contributed by atoms with Gasteiger partial charge in [0.05, 0.1) is 19.2 Å². The van der Waals surface area contributed by atoms with Crippen molar-refractivity contribution in [2.75, 3.05) is 33.8 Å². The van der Waals surface area contributed by atoms with Gasteiger partial charge in [0.1, 0.15) is 5.75 Å². The van der Waals surface area contributed by atoms with Crippen molar-refractivity contribution in [1.29, 1.82) is 0 Å². The van der Waals surface area contributed by atoms with Gasteiger partial charge in [-0.3, -0.25) is 9.89 Å². The highest BCUT2D eigenvalue weighted by Gasteiger charge is 2.35. The van der Waals surface area contributed by atoms with E-state index in [0.717, 1.165) is 6.07 Å². The summed E-state index contributed by atoms with van der Waals surface area (Å²) in [7, 11) is 2.72. The van der Waals surface area contributed by atoms with Crippen molar-refractivity contribution in [3.05, 3.63) is 29.3 Å². The van der Waals surface area contributed by atoms with Crippen LogP contribution in [0.4, 0.5) is 26.3 Å². The molecule has 2 N–H and O–H groups in total. The van der Waals surface area contributed by atoms with Crippen molar-refractivity contribution in [2.24, 2.45) is 4.99 Å². The smallest absolute Gasteiger partial charge is 0.416 e. The first-order valence-corrected chi connectivity index (χ1v) is 8.52. The molecule has 166 valence electrons. The zero-order valence-electron chi connectivity index (χ0n) is 15.8. The van der Waals surface area contributed by atoms with E-state index >= 15 is 0 Å². The fraction of sp³-hybridized carbons (Fsp3) is 0.588. The topological polar surface area (TPSA) is 48.9 Å². The summed E-state index contributed by atoms with van der Waals surface area (Å²) < 4.78 is 82.0. The summed E-state index contributed by atoms with van der Waals surface area (Å²) in [5.74, 6) is 0.317. The Bertz CT molecular complexity index is 695. The molecule has 0 radical (unpaired) electrons. The first kappa shape index (κ1) is 25.6. The molecule has 1 aliphatic rings. The zero-order valence-corrected chi connectivity index (χ0v) is 18.2. The molecule has 1 aromatic rings. The number of nitrogens with one attached hydrogen (secondary N) is 2. The predicted molar refractivity (Wildman–Crippen MR) is 108 cm³/mol. The standard InChI is InChI=1S/C17H22F6N4O.HI/c1-24-15(26-12-5-6-27(9-12)10-16(18,19)20)25-8-11-3-4-13(28-2)7-14(11)17(21,22)23;/h3-4,7,12H,5-6,8-10H2,1-2H3,(H2,24,25,26);1H. The van der Waals surface area contributed by atoms with Crippen molar-refractivity contribution in [2.45, 2.75) is 31.4 Å². The summed E-state index contributed by atoms with van der Waals surface area (Å²) in [5.41, 5.74) is -0.826. The number of rotatable bonds is 5. The first-order chi connectivity index (χ1) is 13.0. The second-order valence-electron chi connectivity index (χ2n) is 6.43. The van der Waals surface area contributed by atoms with E-state index in [1.807, 2.05) is 0 Å². The molecule has 1 aromatic carbocycles. The molecule has 0 bridgehead atoms. The van der Waals surface area contributed by atoms with Crippen molar-refractivity contribution < 1.29 is 31.1 Å². The molecule has 2 rings (SSSR count). The van der Waals surface area contributed by atoms with Gasteiger partial charge in [0.25, 0.3) is 0 Å². The lowest BCUT2D eigenvalue weighted by Gasteiger charge is -2.20. The van der Waals surface area contributed by atoms with Gasteiger partial charge in [-0.1, -0.05) is 6.07 Å². The maximum atomic E-state index is 13.3. The highest BCUT2D eigenvalue weighted by molar-refractivity contribution is 14.0. The molecule has 1 heterocycles. The van der Waals surface area contributed by atoms with E-state index in [-0.39, 0.29) is 66.9 Å². The summed E-state index contributed by atoms with van der Waals surface area (Å²) in [6, 6.07) is 3.38. The first-order valence-electron chi connectivity index (χ1n) is 8.52. The van der Waals surface area contributed by atoms with Gasteiger partial charge in [-0.15, -0.1) is 24.0 Å². The quantitative estimate of drug-likeness (QED) is 0.260. The van der Waals surface area contributed by atoms with E-state index in [2.05, 4.69) is 15.6 Å². The van der Waals surface area contributed by atoms with Crippen molar-refractivity contribution in [1.82, 2.24) is 15.5 Å². The summed E-state index contributed by atoms with van der Waals surface area (Å²) in [6.45, 7) is -0.684. The van der Waals surface area contributed by atoms with Crippen LogP contribution in [0.3, 0.4) is 0 Å². The molecule has 1 fully saturated rings. The van der Waals surface area contributed by atoms with Crippen LogP contribution >= 0.6 is 24.0 Å². The Labute approximate surface area is 181 Å². The molecule has 1 aliphatic heterocycles. The molecule has 1 atom stereocenters. The number of ether oxygens (including phenoxy) is 1. The molecule has 12 heteroatoms. The van der Waals surface area contributed by atoms with Gasteiger partial charge in [0.2, 0.25) is 0 Å². The fourth-order valence-corrected chi connectivity index (χ4v) is 3.02. The van der Waals surface area contributed by atoms with Crippen molar-refractivity contribution >= 4 is 29.9 Å². The highest BCUT2D eigenvalue weighted by atomic mass is 127. The number of guanidine groups is 1. The number of aliphatic imine (C=N–C) groups is 1. The summed E-state index contributed by atoms with van der Waals surface area (Å²) in [4.78, 5) is 5.21. The molecule has 0 aromatic heterocycles. The molecule has 0 spiro atoms. The van der Waals surface area contributed by atoms with E-state index in [9.17, 15) is 26.3 Å². The number of nitrogens with zero attached hydrogens (tertiary/aromatic N) is 2. The Morgan fingerprint density at radius 1 is 1.24 bits per heavy atom. The SMILES string of the molecule is CN=C(NCc1ccc(OC)cc1C(F)(F)F)NC1CCN(CC(F)(F)F)C1.I. The van der Waals surface area contributed by atoms with Crippen LogP contribution in [0.1, 0.15) is 17.5 Å². The molecule has 1 unspecified atom stereocenters. The molecular weight excluding hydrogens is 517 g/mol. The van der Waals surface area contributed by atoms with Gasteiger partial charge >= 0.3 is 12.4 Å². The predicted octanol–water partition coefficient (Wildman–Crippen LogP) is 3.63. The van der Waals surface area contributed by atoms with Gasteiger partial charge < -0.3 is 15.4 Å². The van der Waals surface area contributed by atoms with Crippen molar-refractivity contribution in [3.63, 3.8) is 0 Å². The Morgan fingerprint density at radius 3 is 2.48 bits per heavy atom. The lowest BCUT2D eigenvalue weighted by molar-refractivity contribution is -0.143. The Hall–Kier alpha value is -1.44. The van der Waals surface area contributed by atoms with E-state index in [1.165, 1.54) is 31.2 Å². The lowest BCUT2D eigenvalue weighted by Crippen LogP contribution is -2.45. The van der Waals surface area contributed by atoms with Gasteiger partial charge in [0.15, 0.2) is 5.96 Å². The summed E-state index contributed by atoms with van der Waals surface area (Å²) >= 11 is 0. The largest absolute Gasteiger partial charge is 0.497 e. The van der Waals surface area contributed by atoms with E-state index in [1.54, 1.807) is 0 Å². The average Bonchev–Trinajstić information content (AvgIpc) is 3.02. The minimum atomic E-state index is -4.55. The van der Waals surface area contributed by atoms with Gasteiger partial charge in [-0.2, -0.15) is 26.3 Å². The Balaban J connectivity index is 0.00000420. The molecule has 5 nitrogen and oxygen atoms in total. The fourth-order valence-electron chi connectivity index (χ4n) is 3.02. The van der Waals surface area contributed by atoms with E-state index in [0.29, 0.717) is 6.42 Å². The van der Waals surface area contributed by atoms with Gasteiger partial charge in [0, 0.05) is 32.7 Å². The van der Waals surface area contributed by atoms with E-state index < -0.39 is 24.5 Å². The number of halogens is 7. The second kappa shape index (κ2) is 10.5. The minimum absolute atomic E-state index is 0. The maximum absolute atomic E-state index is 13.3. The van der Waals surface area contributed by atoms with Crippen LogP contribution in [0.15, 0.2) is 23.2 Å². The maximum Gasteiger partial charge on any atom is 0.416 e. The normalized spacial score (nSPS) is 18.3. The van der Waals surface area contributed by atoms with Crippen LogP contribution in [0, 0.1) is 0 Å². The van der Waals surface area contributed by atoms with Gasteiger partial charge in [-0.05, 0) is 24.1 Å². The molecule has 1 saturated heterocycles. The number of hydrogen-bond donors (Lipinski definition) is 2. The van der Waals surface area contributed by atoms with Crippen LogP contribution < -0.4 is 15.4 Å². The third-order valence-corrected chi connectivity index (χ3v) is 4.31. The Kier molecular flexibility index (Phi) is 9.31. The second-order valence-corrected chi connectivity index (χ2v) is 6.43. The minimum Gasteiger partial charge on any atom is -0.497 e. The third-order valence-electron chi connectivity index (χ3n) is 4.31. The highest BCUT2D eigenvalue weighted by Crippen LogP contribution is 2.34. The number of alkyl halides is 6.